The molecule has 1 atom stereocenters. The molecule has 0 spiro atoms. The lowest BCUT2D eigenvalue weighted by Crippen LogP contribution is -2.36. The van der Waals surface area contributed by atoms with E-state index in [4.69, 9.17) is 4.74 Å². The second-order valence-corrected chi connectivity index (χ2v) is 4.13. The number of ether oxygens (including phenoxy) is 1. The summed E-state index contributed by atoms with van der Waals surface area (Å²) in [7, 11) is 5.51. The summed E-state index contributed by atoms with van der Waals surface area (Å²) in [6.45, 7) is 0.689. The maximum atomic E-state index is 11.3. The molecular formula is C13H20N2O2. The third-order valence-electron chi connectivity index (χ3n) is 2.58. The van der Waals surface area contributed by atoms with Gasteiger partial charge in [0.05, 0.1) is 6.04 Å². The van der Waals surface area contributed by atoms with Crippen LogP contribution in [-0.4, -0.2) is 45.2 Å². The van der Waals surface area contributed by atoms with Gasteiger partial charge in [0.25, 0.3) is 0 Å². The lowest BCUT2D eigenvalue weighted by atomic mass is 10.1. The molecule has 4 nitrogen and oxygen atoms in total. The normalized spacial score (nSPS) is 12.5. The predicted octanol–water partition coefficient (Wildman–Crippen LogP) is 1.05. The van der Waals surface area contributed by atoms with Crippen LogP contribution in [0.15, 0.2) is 30.3 Å². The van der Waals surface area contributed by atoms with Crippen molar-refractivity contribution in [2.24, 2.45) is 0 Å². The third-order valence-corrected chi connectivity index (χ3v) is 2.58. The first-order valence-electron chi connectivity index (χ1n) is 5.62. The largest absolute Gasteiger partial charge is 0.375 e. The molecule has 0 bridgehead atoms. The lowest BCUT2D eigenvalue weighted by molar-refractivity contribution is -0.124. The van der Waals surface area contributed by atoms with Gasteiger partial charge in [0.15, 0.2) is 0 Å². The van der Waals surface area contributed by atoms with E-state index in [-0.39, 0.29) is 18.6 Å². The molecule has 1 aromatic rings. The standard InChI is InChI=1S/C13H20N2O2/c1-15(2)12(9-14-13(16)10-17-3)11-7-5-4-6-8-11/h4-8,12H,9-10H2,1-3H3,(H,14,16). The van der Waals surface area contributed by atoms with Gasteiger partial charge in [-0.15, -0.1) is 0 Å². The summed E-state index contributed by atoms with van der Waals surface area (Å²) in [5.41, 5.74) is 1.19. The van der Waals surface area contributed by atoms with Gasteiger partial charge in [0, 0.05) is 13.7 Å². The van der Waals surface area contributed by atoms with Crippen molar-refractivity contribution in [3.05, 3.63) is 35.9 Å². The summed E-state index contributed by atoms with van der Waals surface area (Å²) in [5, 5.41) is 2.86. The van der Waals surface area contributed by atoms with Crippen LogP contribution in [0, 0.1) is 0 Å². The molecule has 4 heteroatoms. The van der Waals surface area contributed by atoms with Crippen LogP contribution in [0.3, 0.4) is 0 Å². The van der Waals surface area contributed by atoms with Gasteiger partial charge >= 0.3 is 0 Å². The Kier molecular flexibility index (Phi) is 5.66. The first-order chi connectivity index (χ1) is 8.15. The number of carbonyl (C=O) groups is 1. The fourth-order valence-corrected chi connectivity index (χ4v) is 1.67. The van der Waals surface area contributed by atoms with E-state index >= 15 is 0 Å². The van der Waals surface area contributed by atoms with Gasteiger partial charge in [-0.2, -0.15) is 0 Å². The van der Waals surface area contributed by atoms with Gasteiger partial charge in [-0.1, -0.05) is 30.3 Å². The number of nitrogens with one attached hydrogen (secondary N) is 1. The Morgan fingerprint density at radius 1 is 1.35 bits per heavy atom. The summed E-state index contributed by atoms with van der Waals surface area (Å²) >= 11 is 0. The van der Waals surface area contributed by atoms with Crippen LogP contribution < -0.4 is 5.32 Å². The van der Waals surface area contributed by atoms with Crippen molar-refractivity contribution in [3.8, 4) is 0 Å². The van der Waals surface area contributed by atoms with Crippen LogP contribution in [0.2, 0.25) is 0 Å². The van der Waals surface area contributed by atoms with E-state index in [1.807, 2.05) is 32.3 Å². The van der Waals surface area contributed by atoms with E-state index in [1.165, 1.54) is 12.7 Å². The van der Waals surface area contributed by atoms with Gasteiger partial charge < -0.3 is 15.0 Å². The summed E-state index contributed by atoms with van der Waals surface area (Å²) < 4.78 is 4.78. The van der Waals surface area contributed by atoms with Crippen molar-refractivity contribution < 1.29 is 9.53 Å². The number of benzene rings is 1. The van der Waals surface area contributed by atoms with E-state index in [0.717, 1.165) is 0 Å². The van der Waals surface area contributed by atoms with Crippen molar-refractivity contribution in [1.29, 1.82) is 0 Å². The van der Waals surface area contributed by atoms with Crippen molar-refractivity contribution in [1.82, 2.24) is 10.2 Å². The Bertz CT molecular complexity index is 339. The zero-order valence-electron chi connectivity index (χ0n) is 10.6. The molecule has 1 rings (SSSR count). The summed E-state index contributed by atoms with van der Waals surface area (Å²) in [4.78, 5) is 13.4. The Balaban J connectivity index is 2.59. The number of carbonyl (C=O) groups excluding carboxylic acids is 1. The molecule has 1 N–H and O–H groups in total. The molecule has 0 aliphatic rings. The van der Waals surface area contributed by atoms with Crippen LogP contribution in [0.1, 0.15) is 11.6 Å². The highest BCUT2D eigenvalue weighted by Crippen LogP contribution is 2.16. The number of methoxy groups -OCH3 is 1. The Morgan fingerprint density at radius 2 is 2.00 bits per heavy atom. The molecule has 0 saturated heterocycles. The van der Waals surface area contributed by atoms with Crippen LogP contribution >= 0.6 is 0 Å². The molecule has 1 amide bonds. The molecule has 0 saturated carbocycles. The minimum atomic E-state index is -0.0877. The second-order valence-electron chi connectivity index (χ2n) is 4.13. The Hall–Kier alpha value is -1.39. The number of likely N-dealkylation sites (N-methyl/N-ethyl adjacent to an activating group) is 1. The Labute approximate surface area is 103 Å². The topological polar surface area (TPSA) is 41.6 Å². The van der Waals surface area contributed by atoms with Gasteiger partial charge in [0.2, 0.25) is 5.91 Å². The number of amides is 1. The number of hydrogen-bond acceptors (Lipinski definition) is 3. The van der Waals surface area contributed by atoms with E-state index in [0.29, 0.717) is 6.54 Å². The zero-order chi connectivity index (χ0) is 12.7. The van der Waals surface area contributed by atoms with Crippen molar-refractivity contribution in [2.75, 3.05) is 34.4 Å². The van der Waals surface area contributed by atoms with E-state index in [2.05, 4.69) is 22.3 Å². The SMILES string of the molecule is COCC(=O)NCC(c1ccccc1)N(C)C. The fraction of sp³-hybridized carbons (Fsp3) is 0.462. The number of rotatable bonds is 6. The highest BCUT2D eigenvalue weighted by molar-refractivity contribution is 5.77. The molecule has 0 aromatic heterocycles. The van der Waals surface area contributed by atoms with Gasteiger partial charge in [-0.05, 0) is 19.7 Å². The summed E-state index contributed by atoms with van der Waals surface area (Å²) in [6.07, 6.45) is 0. The summed E-state index contributed by atoms with van der Waals surface area (Å²) in [5.74, 6) is -0.0877. The van der Waals surface area contributed by atoms with Crippen molar-refractivity contribution >= 4 is 5.91 Å². The van der Waals surface area contributed by atoms with Crippen LogP contribution in [0.5, 0.6) is 0 Å². The van der Waals surface area contributed by atoms with Crippen LogP contribution in [0.25, 0.3) is 0 Å². The molecule has 94 valence electrons. The van der Waals surface area contributed by atoms with Crippen molar-refractivity contribution in [3.63, 3.8) is 0 Å². The van der Waals surface area contributed by atoms with Crippen molar-refractivity contribution in [2.45, 2.75) is 6.04 Å². The smallest absolute Gasteiger partial charge is 0.246 e. The molecule has 1 unspecified atom stereocenters. The van der Waals surface area contributed by atoms with E-state index < -0.39 is 0 Å². The minimum absolute atomic E-state index is 0.0877. The predicted molar refractivity (Wildman–Crippen MR) is 67.8 cm³/mol. The molecule has 0 heterocycles. The molecule has 0 radical (unpaired) electrons. The fourth-order valence-electron chi connectivity index (χ4n) is 1.67. The lowest BCUT2D eigenvalue weighted by Gasteiger charge is -2.25. The van der Waals surface area contributed by atoms with Crippen LogP contribution in [-0.2, 0) is 9.53 Å². The molecule has 17 heavy (non-hydrogen) atoms. The molecule has 0 aliphatic carbocycles. The zero-order valence-corrected chi connectivity index (χ0v) is 10.6. The highest BCUT2D eigenvalue weighted by Gasteiger charge is 2.14. The molecule has 1 aromatic carbocycles. The summed E-state index contributed by atoms with van der Waals surface area (Å²) in [6, 6.07) is 10.3. The van der Waals surface area contributed by atoms with E-state index in [1.54, 1.807) is 0 Å². The average Bonchev–Trinajstić information content (AvgIpc) is 2.30. The maximum Gasteiger partial charge on any atom is 0.246 e. The van der Waals surface area contributed by atoms with Gasteiger partial charge in [-0.25, -0.2) is 0 Å². The maximum absolute atomic E-state index is 11.3. The molecular weight excluding hydrogens is 216 g/mol. The van der Waals surface area contributed by atoms with Gasteiger partial charge in [-0.3, -0.25) is 4.79 Å². The van der Waals surface area contributed by atoms with Crippen LogP contribution in [0.4, 0.5) is 0 Å². The minimum Gasteiger partial charge on any atom is -0.375 e. The molecule has 0 fully saturated rings. The van der Waals surface area contributed by atoms with E-state index in [9.17, 15) is 4.79 Å². The highest BCUT2D eigenvalue weighted by atomic mass is 16.5. The first kappa shape index (κ1) is 13.7. The Morgan fingerprint density at radius 3 is 2.53 bits per heavy atom. The second kappa shape index (κ2) is 7.04. The van der Waals surface area contributed by atoms with Gasteiger partial charge in [0.1, 0.15) is 6.61 Å². The number of hydrogen-bond donors (Lipinski definition) is 1. The quantitative estimate of drug-likeness (QED) is 0.803. The molecule has 0 aliphatic heterocycles. The number of nitrogens with zero attached hydrogens (tertiary/aromatic N) is 1. The average molecular weight is 236 g/mol. The third kappa shape index (κ3) is 4.54. The monoisotopic (exact) mass is 236 g/mol. The first-order valence-corrected chi connectivity index (χ1v) is 5.62.